The Morgan fingerprint density at radius 3 is 2.80 bits per heavy atom. The summed E-state index contributed by atoms with van der Waals surface area (Å²) in [7, 11) is 0. The van der Waals surface area contributed by atoms with E-state index in [0.29, 0.717) is 35.3 Å². The third-order valence-corrected chi connectivity index (χ3v) is 5.76. The monoisotopic (exact) mass is 378 g/mol. The molecule has 0 bridgehead atoms. The number of hydrogen-bond donors (Lipinski definition) is 0. The number of benzene rings is 1. The summed E-state index contributed by atoms with van der Waals surface area (Å²) in [5.74, 6) is 0.787. The van der Waals surface area contributed by atoms with Gasteiger partial charge in [-0.25, -0.2) is 4.68 Å². The molecule has 2 aliphatic rings. The van der Waals surface area contributed by atoms with Crippen LogP contribution in [0.4, 0.5) is 0 Å². The first-order valence-electron chi connectivity index (χ1n) is 8.73. The van der Waals surface area contributed by atoms with Gasteiger partial charge in [-0.15, -0.1) is 5.10 Å². The molecule has 5 nitrogen and oxygen atoms in total. The lowest BCUT2D eigenvalue weighted by molar-refractivity contribution is -0.130. The number of likely N-dealkylation sites (tertiary alicyclic amines) is 1. The maximum absolute atomic E-state index is 12.5. The molecule has 1 amide bonds. The van der Waals surface area contributed by atoms with E-state index < -0.39 is 0 Å². The molecule has 1 aliphatic heterocycles. The summed E-state index contributed by atoms with van der Waals surface area (Å²) in [5, 5.41) is 9.61. The molecule has 25 heavy (non-hydrogen) atoms. The van der Waals surface area contributed by atoms with Crippen LogP contribution in [0.25, 0.3) is 0 Å². The molecule has 0 spiro atoms. The fraction of sp³-hybridized carbons (Fsp3) is 0.500. The van der Waals surface area contributed by atoms with Crippen LogP contribution in [0.2, 0.25) is 10.0 Å². The van der Waals surface area contributed by atoms with Crippen LogP contribution < -0.4 is 0 Å². The minimum atomic E-state index is 0.177. The Labute approximate surface area is 156 Å². The molecule has 132 valence electrons. The summed E-state index contributed by atoms with van der Waals surface area (Å²) in [6.07, 6.45) is 6.60. The Bertz CT molecular complexity index is 787. The third-order valence-electron chi connectivity index (χ3n) is 5.03. The zero-order valence-electron chi connectivity index (χ0n) is 13.9. The molecule has 1 atom stereocenters. The average Bonchev–Trinajstić information content (AvgIpc) is 3.13. The van der Waals surface area contributed by atoms with Crippen molar-refractivity contribution in [3.8, 4) is 0 Å². The summed E-state index contributed by atoms with van der Waals surface area (Å²) in [6.45, 7) is 1.50. The first-order chi connectivity index (χ1) is 12.1. The summed E-state index contributed by atoms with van der Waals surface area (Å²) >= 11 is 12.0. The molecular weight excluding hydrogens is 359 g/mol. The smallest absolute Gasteiger partial charge is 0.222 e. The molecule has 1 aromatic carbocycles. The molecule has 1 aromatic heterocycles. The lowest BCUT2D eigenvalue weighted by Crippen LogP contribution is -2.29. The third kappa shape index (κ3) is 3.82. The minimum Gasteiger partial charge on any atom is -0.340 e. The molecule has 7 heteroatoms. The van der Waals surface area contributed by atoms with Gasteiger partial charge in [0, 0.05) is 31.6 Å². The maximum Gasteiger partial charge on any atom is 0.222 e. The number of carbonyl (C=O) groups excluding carboxylic acids is 1. The number of nitrogens with zero attached hydrogens (tertiary/aromatic N) is 4. The summed E-state index contributed by atoms with van der Waals surface area (Å²) in [4.78, 5) is 14.4. The van der Waals surface area contributed by atoms with Gasteiger partial charge in [-0.05, 0) is 43.4 Å². The molecule has 1 saturated heterocycles. The Morgan fingerprint density at radius 1 is 1.20 bits per heavy atom. The molecule has 1 saturated carbocycles. The van der Waals surface area contributed by atoms with Crippen LogP contribution in [0.1, 0.15) is 48.9 Å². The molecule has 0 N–H and O–H groups in total. The topological polar surface area (TPSA) is 51.0 Å². The van der Waals surface area contributed by atoms with Crippen LogP contribution in [0, 0.1) is 0 Å². The number of amides is 1. The fourth-order valence-corrected chi connectivity index (χ4v) is 3.64. The van der Waals surface area contributed by atoms with E-state index in [-0.39, 0.29) is 11.9 Å². The molecule has 2 heterocycles. The highest BCUT2D eigenvalue weighted by Gasteiger charge is 2.31. The normalized spacial score (nSPS) is 20.2. The maximum atomic E-state index is 12.5. The number of hydrogen-bond acceptors (Lipinski definition) is 3. The second-order valence-corrected chi connectivity index (χ2v) is 7.74. The van der Waals surface area contributed by atoms with Gasteiger partial charge in [0.15, 0.2) is 0 Å². The van der Waals surface area contributed by atoms with Gasteiger partial charge in [0.1, 0.15) is 0 Å². The van der Waals surface area contributed by atoms with Gasteiger partial charge in [-0.3, -0.25) is 4.79 Å². The first-order valence-corrected chi connectivity index (χ1v) is 9.49. The molecule has 1 aliphatic carbocycles. The van der Waals surface area contributed by atoms with Crippen molar-refractivity contribution >= 4 is 29.1 Å². The number of rotatable bonds is 5. The van der Waals surface area contributed by atoms with Gasteiger partial charge >= 0.3 is 0 Å². The van der Waals surface area contributed by atoms with Gasteiger partial charge in [0.2, 0.25) is 5.91 Å². The van der Waals surface area contributed by atoms with Crippen LogP contribution in [-0.4, -0.2) is 38.9 Å². The fourth-order valence-electron chi connectivity index (χ4n) is 3.32. The van der Waals surface area contributed by atoms with Crippen LogP contribution >= 0.6 is 23.2 Å². The summed E-state index contributed by atoms with van der Waals surface area (Å²) < 4.78 is 1.94. The minimum absolute atomic E-state index is 0.177. The van der Waals surface area contributed by atoms with E-state index in [4.69, 9.17) is 23.2 Å². The highest BCUT2D eigenvalue weighted by Crippen LogP contribution is 2.39. The van der Waals surface area contributed by atoms with Crippen molar-refractivity contribution in [2.45, 2.75) is 44.1 Å². The van der Waals surface area contributed by atoms with Crippen molar-refractivity contribution in [1.82, 2.24) is 19.9 Å². The Hall–Kier alpha value is -1.59. The van der Waals surface area contributed by atoms with Crippen LogP contribution in [0.5, 0.6) is 0 Å². The summed E-state index contributed by atoms with van der Waals surface area (Å²) in [5.41, 5.74) is 2.13. The highest BCUT2D eigenvalue weighted by atomic mass is 35.5. The number of carbonyl (C=O) groups is 1. The van der Waals surface area contributed by atoms with Gasteiger partial charge in [-0.1, -0.05) is 34.5 Å². The van der Waals surface area contributed by atoms with E-state index in [1.54, 1.807) is 6.07 Å². The van der Waals surface area contributed by atoms with E-state index >= 15 is 0 Å². The molecule has 0 radical (unpaired) electrons. The van der Waals surface area contributed by atoms with Gasteiger partial charge < -0.3 is 4.90 Å². The Kier molecular flexibility index (Phi) is 4.69. The van der Waals surface area contributed by atoms with E-state index in [0.717, 1.165) is 24.2 Å². The first kappa shape index (κ1) is 16.9. The highest BCUT2D eigenvalue weighted by molar-refractivity contribution is 6.42. The Morgan fingerprint density at radius 2 is 2.04 bits per heavy atom. The van der Waals surface area contributed by atoms with Crippen molar-refractivity contribution in [2.75, 3.05) is 13.1 Å². The predicted molar refractivity (Wildman–Crippen MR) is 97.0 cm³/mol. The van der Waals surface area contributed by atoms with Gasteiger partial charge in [-0.2, -0.15) is 0 Å². The van der Waals surface area contributed by atoms with E-state index in [2.05, 4.69) is 16.5 Å². The zero-order valence-corrected chi connectivity index (χ0v) is 15.4. The van der Waals surface area contributed by atoms with Crippen molar-refractivity contribution in [3.63, 3.8) is 0 Å². The van der Waals surface area contributed by atoms with E-state index in [1.807, 2.05) is 21.7 Å². The second kappa shape index (κ2) is 6.96. The van der Waals surface area contributed by atoms with Gasteiger partial charge in [0.05, 0.1) is 21.8 Å². The molecule has 1 unspecified atom stereocenters. The zero-order chi connectivity index (χ0) is 17.4. The lowest BCUT2D eigenvalue weighted by atomic mass is 10.1. The quantitative estimate of drug-likeness (QED) is 0.793. The van der Waals surface area contributed by atoms with Crippen LogP contribution in [0.15, 0.2) is 24.4 Å². The van der Waals surface area contributed by atoms with Gasteiger partial charge in [0.25, 0.3) is 0 Å². The average molecular weight is 379 g/mol. The molecule has 2 fully saturated rings. The summed E-state index contributed by atoms with van der Waals surface area (Å²) in [6, 6.07) is 5.77. The van der Waals surface area contributed by atoms with Crippen LogP contribution in [0.3, 0.4) is 0 Å². The molecule has 2 aromatic rings. The predicted octanol–water partition coefficient (Wildman–Crippen LogP) is 3.87. The number of aryl methyl sites for hydroxylation is 1. The number of aromatic nitrogens is 3. The molecular formula is C18H20Cl2N4O. The van der Waals surface area contributed by atoms with Crippen molar-refractivity contribution in [2.24, 2.45) is 0 Å². The largest absolute Gasteiger partial charge is 0.340 e. The van der Waals surface area contributed by atoms with Crippen molar-refractivity contribution in [1.29, 1.82) is 0 Å². The Balaban J connectivity index is 1.31. The lowest BCUT2D eigenvalue weighted by Gasteiger charge is -2.16. The van der Waals surface area contributed by atoms with Crippen molar-refractivity contribution < 1.29 is 4.79 Å². The van der Waals surface area contributed by atoms with E-state index in [1.165, 1.54) is 12.8 Å². The van der Waals surface area contributed by atoms with Crippen molar-refractivity contribution in [3.05, 3.63) is 45.7 Å². The SMILES string of the molecule is O=C(CCc1ccc(Cl)c(Cl)c1)N1CCC(n2cc(C3CC3)nn2)C1. The standard InChI is InChI=1S/C18H20Cl2N4O/c19-15-5-1-12(9-16(15)20)2-6-18(25)23-8-7-14(10-23)24-11-17(21-22-24)13-3-4-13/h1,5,9,11,13-14H,2-4,6-8,10H2. The molecule has 4 rings (SSSR count). The van der Waals surface area contributed by atoms with E-state index in [9.17, 15) is 4.79 Å². The van der Waals surface area contributed by atoms with Crippen LogP contribution in [-0.2, 0) is 11.2 Å². The second-order valence-electron chi connectivity index (χ2n) is 6.93. The number of halogens is 2.